The number of aromatic nitrogens is 2. The number of nitrogens with zero attached hydrogens (tertiary/aromatic N) is 2. The Hall–Kier alpha value is -0.940. The molecule has 2 unspecified atom stereocenters. The van der Waals surface area contributed by atoms with Crippen molar-refractivity contribution in [1.29, 1.82) is 0 Å². The molecule has 2 rings (SSSR count). The molecular formula is C12H17ClFN3O. The molecule has 1 aromatic heterocycles. The number of anilines is 1. The third-order valence-electron chi connectivity index (χ3n) is 3.49. The molecule has 1 aromatic rings. The maximum atomic E-state index is 13.6. The van der Waals surface area contributed by atoms with Gasteiger partial charge >= 0.3 is 0 Å². The third kappa shape index (κ3) is 2.90. The van der Waals surface area contributed by atoms with Crippen LogP contribution in [-0.2, 0) is 0 Å². The molecule has 0 bridgehead atoms. The molecule has 1 aliphatic carbocycles. The van der Waals surface area contributed by atoms with Gasteiger partial charge in [-0.3, -0.25) is 0 Å². The van der Waals surface area contributed by atoms with Gasteiger partial charge in [-0.25, -0.2) is 9.37 Å². The van der Waals surface area contributed by atoms with E-state index in [9.17, 15) is 9.50 Å². The fourth-order valence-corrected chi connectivity index (χ4v) is 2.77. The van der Waals surface area contributed by atoms with Gasteiger partial charge in [-0.05, 0) is 30.4 Å². The summed E-state index contributed by atoms with van der Waals surface area (Å²) in [7, 11) is 0. The van der Waals surface area contributed by atoms with Gasteiger partial charge in [0.2, 0.25) is 5.28 Å². The molecule has 0 aliphatic heterocycles. The van der Waals surface area contributed by atoms with Crippen LogP contribution in [-0.4, -0.2) is 27.2 Å². The molecule has 0 spiro atoms. The van der Waals surface area contributed by atoms with Gasteiger partial charge in [0.05, 0.1) is 18.3 Å². The lowest BCUT2D eigenvalue weighted by molar-refractivity contribution is 0.149. The average molecular weight is 274 g/mol. The van der Waals surface area contributed by atoms with Gasteiger partial charge in [-0.1, -0.05) is 19.8 Å². The Morgan fingerprint density at radius 2 is 2.44 bits per heavy atom. The number of aliphatic hydroxyl groups is 1. The molecule has 0 saturated heterocycles. The largest absolute Gasteiger partial charge is 0.394 e. The van der Waals surface area contributed by atoms with Gasteiger partial charge < -0.3 is 10.4 Å². The lowest BCUT2D eigenvalue weighted by Gasteiger charge is -2.39. The van der Waals surface area contributed by atoms with Crippen molar-refractivity contribution in [1.82, 2.24) is 9.97 Å². The van der Waals surface area contributed by atoms with Crippen LogP contribution >= 0.6 is 11.6 Å². The minimum absolute atomic E-state index is 0.00384. The standard InChI is InChI=1S/C12H17ClFN3O/c1-8-3-2-4-12(5-8,7-18)17-10-9(14)6-15-11(13)16-10/h6,8,18H,2-5,7H2,1H3,(H,15,16,17). The van der Waals surface area contributed by atoms with E-state index in [1.165, 1.54) is 0 Å². The lowest BCUT2D eigenvalue weighted by atomic mass is 9.77. The van der Waals surface area contributed by atoms with E-state index >= 15 is 0 Å². The summed E-state index contributed by atoms with van der Waals surface area (Å²) in [6.07, 6.45) is 4.78. The molecule has 4 nitrogen and oxygen atoms in total. The summed E-state index contributed by atoms with van der Waals surface area (Å²) in [6, 6.07) is 0. The highest BCUT2D eigenvalue weighted by Crippen LogP contribution is 2.34. The molecular weight excluding hydrogens is 257 g/mol. The second-order valence-corrected chi connectivity index (χ2v) is 5.44. The quantitative estimate of drug-likeness (QED) is 0.831. The van der Waals surface area contributed by atoms with Crippen LogP contribution in [0, 0.1) is 11.7 Å². The summed E-state index contributed by atoms with van der Waals surface area (Å²) in [5, 5.41) is 12.6. The zero-order chi connectivity index (χ0) is 13.2. The van der Waals surface area contributed by atoms with Crippen molar-refractivity contribution in [2.24, 2.45) is 5.92 Å². The van der Waals surface area contributed by atoms with E-state index in [2.05, 4.69) is 22.2 Å². The first-order valence-electron chi connectivity index (χ1n) is 6.12. The maximum absolute atomic E-state index is 13.6. The van der Waals surface area contributed by atoms with Crippen molar-refractivity contribution in [2.45, 2.75) is 38.1 Å². The summed E-state index contributed by atoms with van der Waals surface area (Å²) in [6.45, 7) is 2.09. The zero-order valence-electron chi connectivity index (χ0n) is 10.3. The lowest BCUT2D eigenvalue weighted by Crippen LogP contribution is -2.46. The number of rotatable bonds is 3. The molecule has 18 heavy (non-hydrogen) atoms. The summed E-state index contributed by atoms with van der Waals surface area (Å²) >= 11 is 5.66. The SMILES string of the molecule is CC1CCCC(CO)(Nc2nc(Cl)ncc2F)C1. The summed E-state index contributed by atoms with van der Waals surface area (Å²) in [5.74, 6) is 0.0161. The predicted molar refractivity (Wildman–Crippen MR) is 68.1 cm³/mol. The van der Waals surface area contributed by atoms with Crippen LogP contribution < -0.4 is 5.32 Å². The van der Waals surface area contributed by atoms with Gasteiger partial charge in [-0.2, -0.15) is 4.98 Å². The highest BCUT2D eigenvalue weighted by atomic mass is 35.5. The average Bonchev–Trinajstić information content (AvgIpc) is 2.34. The molecule has 2 N–H and O–H groups in total. The molecule has 1 saturated carbocycles. The summed E-state index contributed by atoms with van der Waals surface area (Å²) in [4.78, 5) is 7.41. The molecule has 0 radical (unpaired) electrons. The topological polar surface area (TPSA) is 58.0 Å². The Morgan fingerprint density at radius 1 is 1.67 bits per heavy atom. The van der Waals surface area contributed by atoms with E-state index < -0.39 is 11.4 Å². The van der Waals surface area contributed by atoms with E-state index in [4.69, 9.17) is 11.6 Å². The second kappa shape index (κ2) is 5.36. The van der Waals surface area contributed by atoms with Crippen molar-refractivity contribution >= 4 is 17.4 Å². The van der Waals surface area contributed by atoms with Crippen LogP contribution in [0.4, 0.5) is 10.2 Å². The number of aliphatic hydroxyl groups excluding tert-OH is 1. The zero-order valence-corrected chi connectivity index (χ0v) is 11.0. The molecule has 1 fully saturated rings. The smallest absolute Gasteiger partial charge is 0.224 e. The van der Waals surface area contributed by atoms with Crippen LogP contribution in [0.25, 0.3) is 0 Å². The second-order valence-electron chi connectivity index (χ2n) is 5.10. The van der Waals surface area contributed by atoms with E-state index in [-0.39, 0.29) is 17.7 Å². The number of nitrogens with one attached hydrogen (secondary N) is 1. The first kappa shape index (κ1) is 13.5. The van der Waals surface area contributed by atoms with Crippen LogP contribution in [0.3, 0.4) is 0 Å². The molecule has 6 heteroatoms. The molecule has 2 atom stereocenters. The van der Waals surface area contributed by atoms with Crippen molar-refractivity contribution in [3.8, 4) is 0 Å². The van der Waals surface area contributed by atoms with Crippen molar-refractivity contribution in [3.63, 3.8) is 0 Å². The van der Waals surface area contributed by atoms with Gasteiger partial charge in [0.15, 0.2) is 11.6 Å². The Labute approximate surface area is 111 Å². The maximum Gasteiger partial charge on any atom is 0.224 e. The van der Waals surface area contributed by atoms with Gasteiger partial charge in [-0.15, -0.1) is 0 Å². The third-order valence-corrected chi connectivity index (χ3v) is 3.67. The highest BCUT2D eigenvalue weighted by molar-refractivity contribution is 6.28. The predicted octanol–water partition coefficient (Wildman–Crippen LogP) is 2.62. The van der Waals surface area contributed by atoms with Crippen molar-refractivity contribution in [3.05, 3.63) is 17.3 Å². The van der Waals surface area contributed by atoms with Gasteiger partial charge in [0.25, 0.3) is 0 Å². The molecule has 0 amide bonds. The number of halogens is 2. The van der Waals surface area contributed by atoms with Crippen LogP contribution in [0.15, 0.2) is 6.20 Å². The van der Waals surface area contributed by atoms with E-state index in [1.807, 2.05) is 0 Å². The van der Waals surface area contributed by atoms with Crippen LogP contribution in [0.5, 0.6) is 0 Å². The molecule has 0 aromatic carbocycles. The molecule has 1 aliphatic rings. The first-order valence-corrected chi connectivity index (χ1v) is 6.49. The fourth-order valence-electron chi connectivity index (χ4n) is 2.64. The highest BCUT2D eigenvalue weighted by Gasteiger charge is 2.35. The van der Waals surface area contributed by atoms with E-state index in [1.54, 1.807) is 0 Å². The van der Waals surface area contributed by atoms with Crippen LogP contribution in [0.2, 0.25) is 5.28 Å². The van der Waals surface area contributed by atoms with Crippen LogP contribution in [0.1, 0.15) is 32.6 Å². The van der Waals surface area contributed by atoms with E-state index in [0.29, 0.717) is 5.92 Å². The Bertz CT molecular complexity index is 432. The fraction of sp³-hybridized carbons (Fsp3) is 0.667. The van der Waals surface area contributed by atoms with Gasteiger partial charge in [0, 0.05) is 0 Å². The van der Waals surface area contributed by atoms with Gasteiger partial charge in [0.1, 0.15) is 0 Å². The Kier molecular flexibility index (Phi) is 4.02. The Morgan fingerprint density at radius 3 is 3.11 bits per heavy atom. The van der Waals surface area contributed by atoms with E-state index in [0.717, 1.165) is 31.9 Å². The number of hydrogen-bond donors (Lipinski definition) is 2. The molecule has 100 valence electrons. The normalized spacial score (nSPS) is 28.1. The minimum atomic E-state index is -0.551. The molecule has 1 heterocycles. The number of hydrogen-bond acceptors (Lipinski definition) is 4. The minimum Gasteiger partial charge on any atom is -0.394 e. The van der Waals surface area contributed by atoms with Crippen molar-refractivity contribution < 1.29 is 9.50 Å². The van der Waals surface area contributed by atoms with Crippen molar-refractivity contribution in [2.75, 3.05) is 11.9 Å². The Balaban J connectivity index is 2.21. The monoisotopic (exact) mass is 273 g/mol. The summed E-state index contributed by atoms with van der Waals surface area (Å²) in [5.41, 5.74) is -0.504. The first-order chi connectivity index (χ1) is 8.54. The summed E-state index contributed by atoms with van der Waals surface area (Å²) < 4.78 is 13.6.